The van der Waals surface area contributed by atoms with Crippen molar-refractivity contribution in [1.82, 2.24) is 15.0 Å². The Bertz CT molecular complexity index is 624. The van der Waals surface area contributed by atoms with Gasteiger partial charge >= 0.3 is 5.97 Å². The molecule has 0 bridgehead atoms. The minimum Gasteiger partial charge on any atom is -0.468 e. The van der Waals surface area contributed by atoms with Gasteiger partial charge in [-0.25, -0.2) is 9.97 Å². The number of esters is 1. The van der Waals surface area contributed by atoms with Crippen molar-refractivity contribution in [2.75, 3.05) is 7.11 Å². The van der Waals surface area contributed by atoms with Gasteiger partial charge in [-0.1, -0.05) is 12.5 Å². The zero-order chi connectivity index (χ0) is 14.0. The Hall–Kier alpha value is -2.30. The first-order valence-electron chi connectivity index (χ1n) is 6.60. The van der Waals surface area contributed by atoms with Crippen molar-refractivity contribution in [2.45, 2.75) is 24.7 Å². The number of carbonyl (C=O) groups excluding carboxylic acids is 1. The quantitative estimate of drug-likeness (QED) is 0.799. The molecule has 5 heteroatoms. The lowest BCUT2D eigenvalue weighted by molar-refractivity contribution is -0.151. The van der Waals surface area contributed by atoms with E-state index in [1.54, 1.807) is 18.5 Å². The SMILES string of the molecule is COC(=O)C1(c2nccc(-c3ccccn3)n2)CCC1. The van der Waals surface area contributed by atoms with Crippen LogP contribution in [0.15, 0.2) is 36.7 Å². The fourth-order valence-electron chi connectivity index (χ4n) is 2.49. The summed E-state index contributed by atoms with van der Waals surface area (Å²) in [4.78, 5) is 25.1. The predicted octanol–water partition coefficient (Wildman–Crippen LogP) is 2.13. The average molecular weight is 269 g/mol. The van der Waals surface area contributed by atoms with Crippen LogP contribution in [0.4, 0.5) is 0 Å². The van der Waals surface area contributed by atoms with Gasteiger partial charge in [-0.15, -0.1) is 0 Å². The van der Waals surface area contributed by atoms with Crippen LogP contribution >= 0.6 is 0 Å². The molecule has 1 aliphatic rings. The lowest BCUT2D eigenvalue weighted by atomic mass is 9.68. The van der Waals surface area contributed by atoms with E-state index in [0.29, 0.717) is 5.82 Å². The molecule has 5 nitrogen and oxygen atoms in total. The minimum absolute atomic E-state index is 0.248. The molecule has 2 aromatic rings. The zero-order valence-electron chi connectivity index (χ0n) is 11.2. The Morgan fingerprint density at radius 2 is 2.00 bits per heavy atom. The highest BCUT2D eigenvalue weighted by molar-refractivity contribution is 5.83. The molecule has 0 atom stereocenters. The van der Waals surface area contributed by atoms with Crippen LogP contribution in [0.3, 0.4) is 0 Å². The summed E-state index contributed by atoms with van der Waals surface area (Å²) >= 11 is 0. The molecule has 0 saturated heterocycles. The molecular weight excluding hydrogens is 254 g/mol. The second kappa shape index (κ2) is 5.00. The van der Waals surface area contributed by atoms with Crippen LogP contribution in [-0.2, 0) is 14.9 Å². The van der Waals surface area contributed by atoms with Gasteiger partial charge in [0.05, 0.1) is 18.5 Å². The molecule has 0 amide bonds. The molecule has 0 aliphatic heterocycles. The number of hydrogen-bond acceptors (Lipinski definition) is 5. The molecule has 102 valence electrons. The molecule has 1 saturated carbocycles. The maximum atomic E-state index is 12.0. The summed E-state index contributed by atoms with van der Waals surface area (Å²) in [6.45, 7) is 0. The van der Waals surface area contributed by atoms with Crippen molar-refractivity contribution < 1.29 is 9.53 Å². The topological polar surface area (TPSA) is 65.0 Å². The van der Waals surface area contributed by atoms with Gasteiger partial charge in [0.15, 0.2) is 0 Å². The van der Waals surface area contributed by atoms with E-state index in [9.17, 15) is 4.79 Å². The van der Waals surface area contributed by atoms with E-state index in [2.05, 4.69) is 15.0 Å². The van der Waals surface area contributed by atoms with Crippen molar-refractivity contribution >= 4 is 5.97 Å². The van der Waals surface area contributed by atoms with Crippen molar-refractivity contribution in [3.05, 3.63) is 42.5 Å². The number of nitrogens with zero attached hydrogens (tertiary/aromatic N) is 3. The summed E-state index contributed by atoms with van der Waals surface area (Å²) in [5.41, 5.74) is 0.834. The molecule has 0 aromatic carbocycles. The molecule has 0 unspecified atom stereocenters. The molecule has 1 fully saturated rings. The first kappa shape index (κ1) is 12.7. The van der Waals surface area contributed by atoms with E-state index in [4.69, 9.17) is 4.74 Å². The number of ether oxygens (including phenoxy) is 1. The van der Waals surface area contributed by atoms with Gasteiger partial charge in [0.1, 0.15) is 11.2 Å². The van der Waals surface area contributed by atoms with Gasteiger partial charge in [0, 0.05) is 12.4 Å². The van der Waals surface area contributed by atoms with Crippen LogP contribution < -0.4 is 0 Å². The molecular formula is C15H15N3O2. The maximum absolute atomic E-state index is 12.0. The number of aromatic nitrogens is 3. The number of carbonyl (C=O) groups is 1. The Kier molecular flexibility index (Phi) is 3.18. The lowest BCUT2D eigenvalue weighted by Gasteiger charge is -2.37. The fourth-order valence-corrected chi connectivity index (χ4v) is 2.49. The molecule has 2 aromatic heterocycles. The van der Waals surface area contributed by atoms with Gasteiger partial charge < -0.3 is 4.74 Å². The molecule has 3 rings (SSSR count). The normalized spacial score (nSPS) is 16.2. The second-order valence-corrected chi connectivity index (χ2v) is 4.91. The lowest BCUT2D eigenvalue weighted by Crippen LogP contribution is -2.44. The van der Waals surface area contributed by atoms with Crippen LogP contribution in [-0.4, -0.2) is 28.0 Å². The molecule has 2 heterocycles. The summed E-state index contributed by atoms with van der Waals surface area (Å²) in [7, 11) is 1.41. The van der Waals surface area contributed by atoms with Gasteiger partial charge in [0.2, 0.25) is 0 Å². The summed E-state index contributed by atoms with van der Waals surface area (Å²) in [6.07, 6.45) is 5.87. The zero-order valence-corrected chi connectivity index (χ0v) is 11.2. The first-order chi connectivity index (χ1) is 9.76. The molecule has 0 spiro atoms. The number of pyridine rings is 1. The third kappa shape index (κ3) is 1.95. The molecule has 20 heavy (non-hydrogen) atoms. The average Bonchev–Trinajstić information content (AvgIpc) is 2.47. The molecule has 0 N–H and O–H groups in total. The van der Waals surface area contributed by atoms with Crippen LogP contribution in [0, 0.1) is 0 Å². The predicted molar refractivity (Wildman–Crippen MR) is 72.8 cm³/mol. The first-order valence-corrected chi connectivity index (χ1v) is 6.60. The van der Waals surface area contributed by atoms with E-state index in [0.717, 1.165) is 30.7 Å². The monoisotopic (exact) mass is 269 g/mol. The van der Waals surface area contributed by atoms with Gasteiger partial charge in [-0.05, 0) is 31.0 Å². The van der Waals surface area contributed by atoms with Gasteiger partial charge in [-0.2, -0.15) is 0 Å². The van der Waals surface area contributed by atoms with Crippen LogP contribution in [0.1, 0.15) is 25.1 Å². The van der Waals surface area contributed by atoms with Crippen molar-refractivity contribution in [1.29, 1.82) is 0 Å². The highest BCUT2D eigenvalue weighted by atomic mass is 16.5. The Balaban J connectivity index is 2.01. The molecule has 1 aliphatic carbocycles. The van der Waals surface area contributed by atoms with Crippen molar-refractivity contribution in [3.63, 3.8) is 0 Å². The van der Waals surface area contributed by atoms with Crippen LogP contribution in [0.5, 0.6) is 0 Å². The van der Waals surface area contributed by atoms with Crippen LogP contribution in [0.25, 0.3) is 11.4 Å². The standard InChI is InChI=1S/C15H15N3O2/c1-20-14(19)15(7-4-8-15)13-17-10-6-12(18-13)11-5-2-3-9-16-11/h2-3,5-6,9-10H,4,7-8H2,1H3. The van der Waals surface area contributed by atoms with E-state index in [1.165, 1.54) is 7.11 Å². The largest absolute Gasteiger partial charge is 0.468 e. The van der Waals surface area contributed by atoms with Gasteiger partial charge in [0.25, 0.3) is 0 Å². The second-order valence-electron chi connectivity index (χ2n) is 4.91. The minimum atomic E-state index is -0.667. The van der Waals surface area contributed by atoms with E-state index < -0.39 is 5.41 Å². The highest BCUT2D eigenvalue weighted by Crippen LogP contribution is 2.43. The number of rotatable bonds is 3. The third-order valence-electron chi connectivity index (χ3n) is 3.79. The molecule has 0 radical (unpaired) electrons. The Morgan fingerprint density at radius 1 is 1.15 bits per heavy atom. The number of methoxy groups -OCH3 is 1. The smallest absolute Gasteiger partial charge is 0.319 e. The highest BCUT2D eigenvalue weighted by Gasteiger charge is 2.49. The van der Waals surface area contributed by atoms with Crippen LogP contribution in [0.2, 0.25) is 0 Å². The maximum Gasteiger partial charge on any atom is 0.319 e. The van der Waals surface area contributed by atoms with Gasteiger partial charge in [-0.3, -0.25) is 9.78 Å². The van der Waals surface area contributed by atoms with Crippen molar-refractivity contribution in [3.8, 4) is 11.4 Å². The Morgan fingerprint density at radius 3 is 2.60 bits per heavy atom. The summed E-state index contributed by atoms with van der Waals surface area (Å²) in [6, 6.07) is 7.45. The van der Waals surface area contributed by atoms with E-state index in [-0.39, 0.29) is 5.97 Å². The summed E-state index contributed by atoms with van der Waals surface area (Å²) in [5, 5.41) is 0. The Labute approximate surface area is 117 Å². The van der Waals surface area contributed by atoms with E-state index in [1.807, 2.05) is 18.2 Å². The summed E-state index contributed by atoms with van der Waals surface area (Å²) in [5.74, 6) is 0.292. The van der Waals surface area contributed by atoms with E-state index >= 15 is 0 Å². The fraction of sp³-hybridized carbons (Fsp3) is 0.333. The summed E-state index contributed by atoms with van der Waals surface area (Å²) < 4.78 is 4.92. The third-order valence-corrected chi connectivity index (χ3v) is 3.79. The van der Waals surface area contributed by atoms with Crippen molar-refractivity contribution in [2.24, 2.45) is 0 Å². The number of hydrogen-bond donors (Lipinski definition) is 0.